The van der Waals surface area contributed by atoms with Gasteiger partial charge in [0.05, 0.1) is 15.6 Å². The van der Waals surface area contributed by atoms with Gasteiger partial charge >= 0.3 is 0 Å². The van der Waals surface area contributed by atoms with Crippen molar-refractivity contribution in [1.82, 2.24) is 5.32 Å². The Morgan fingerprint density at radius 1 is 1.33 bits per heavy atom. The molecule has 1 heterocycles. The van der Waals surface area contributed by atoms with E-state index in [0.29, 0.717) is 31.2 Å². The van der Waals surface area contributed by atoms with Gasteiger partial charge in [0.25, 0.3) is 11.8 Å². The summed E-state index contributed by atoms with van der Waals surface area (Å²) in [6.45, 7) is -0.208. The van der Waals surface area contributed by atoms with E-state index >= 15 is 0 Å². The number of thiocarbonyl (C=S) groups is 1. The second-order valence-corrected chi connectivity index (χ2v) is 8.39. The minimum atomic E-state index is -0.348. The lowest BCUT2D eigenvalue weighted by atomic mass is 10.2. The maximum Gasteiger partial charge on any atom is 0.263 e. The Morgan fingerprint density at radius 3 is 2.81 bits per heavy atom. The van der Waals surface area contributed by atoms with E-state index in [4.69, 9.17) is 28.6 Å². The van der Waals surface area contributed by atoms with E-state index in [1.165, 1.54) is 11.8 Å². The lowest BCUT2D eigenvalue weighted by molar-refractivity contribution is -0.118. The molecular formula is C18H12BrClN2O3S2. The highest BCUT2D eigenvalue weighted by atomic mass is 79.9. The first kappa shape index (κ1) is 19.9. The summed E-state index contributed by atoms with van der Waals surface area (Å²) < 4.78 is 6.86. The van der Waals surface area contributed by atoms with Crippen LogP contribution in [0.25, 0.3) is 6.08 Å². The number of hydrogen-bond acceptors (Lipinski definition) is 5. The SMILES string of the molecule is O=C(COc1ccc(Br)cc1/C=C1\SC(=S)NC1=O)Nc1ccccc1Cl. The number of hydrogen-bond donors (Lipinski definition) is 2. The van der Waals surface area contributed by atoms with Crippen LogP contribution < -0.4 is 15.4 Å². The van der Waals surface area contributed by atoms with Gasteiger partial charge in [0.2, 0.25) is 0 Å². The fourth-order valence-corrected chi connectivity index (χ4v) is 3.81. The van der Waals surface area contributed by atoms with Crippen molar-refractivity contribution in [3.8, 4) is 5.75 Å². The van der Waals surface area contributed by atoms with Crippen LogP contribution in [0.5, 0.6) is 5.75 Å². The van der Waals surface area contributed by atoms with E-state index in [1.54, 1.807) is 48.5 Å². The van der Waals surface area contributed by atoms with Gasteiger partial charge in [-0.2, -0.15) is 0 Å². The largest absolute Gasteiger partial charge is 0.483 e. The van der Waals surface area contributed by atoms with Crippen LogP contribution in [0, 0.1) is 0 Å². The first-order chi connectivity index (χ1) is 12.9. The molecule has 0 bridgehead atoms. The smallest absolute Gasteiger partial charge is 0.263 e. The molecule has 27 heavy (non-hydrogen) atoms. The van der Waals surface area contributed by atoms with E-state index in [0.717, 1.165) is 4.47 Å². The molecule has 2 aromatic rings. The number of carbonyl (C=O) groups is 2. The van der Waals surface area contributed by atoms with Crippen LogP contribution in [0.15, 0.2) is 51.8 Å². The van der Waals surface area contributed by atoms with E-state index in [1.807, 2.05) is 0 Å². The van der Waals surface area contributed by atoms with Crippen LogP contribution in [0.4, 0.5) is 5.69 Å². The predicted octanol–water partition coefficient (Wildman–Crippen LogP) is 4.61. The topological polar surface area (TPSA) is 67.4 Å². The maximum atomic E-state index is 12.2. The summed E-state index contributed by atoms with van der Waals surface area (Å²) in [4.78, 5) is 24.5. The number of para-hydroxylation sites is 1. The molecule has 138 valence electrons. The second kappa shape index (κ2) is 8.88. The maximum absolute atomic E-state index is 12.2. The van der Waals surface area contributed by atoms with Crippen molar-refractivity contribution in [2.24, 2.45) is 0 Å². The Hall–Kier alpha value is -1.87. The van der Waals surface area contributed by atoms with Gasteiger partial charge in [-0.1, -0.05) is 63.6 Å². The normalized spacial score (nSPS) is 15.0. The Morgan fingerprint density at radius 2 is 2.11 bits per heavy atom. The summed E-state index contributed by atoms with van der Waals surface area (Å²) >= 11 is 15.6. The summed E-state index contributed by atoms with van der Waals surface area (Å²) in [5.74, 6) is -0.141. The number of thioether (sulfide) groups is 1. The summed E-state index contributed by atoms with van der Waals surface area (Å²) in [7, 11) is 0. The fourth-order valence-electron chi connectivity index (χ4n) is 2.22. The number of ether oxygens (including phenoxy) is 1. The molecule has 3 rings (SSSR count). The van der Waals surface area contributed by atoms with E-state index in [-0.39, 0.29) is 18.4 Å². The molecule has 2 aromatic carbocycles. The molecule has 0 aromatic heterocycles. The zero-order valence-corrected chi connectivity index (χ0v) is 17.6. The van der Waals surface area contributed by atoms with Gasteiger partial charge in [0, 0.05) is 10.0 Å². The van der Waals surface area contributed by atoms with Gasteiger partial charge in [0.15, 0.2) is 6.61 Å². The van der Waals surface area contributed by atoms with Crippen molar-refractivity contribution in [3.05, 3.63) is 62.4 Å². The molecule has 0 saturated carbocycles. The van der Waals surface area contributed by atoms with Crippen molar-refractivity contribution in [2.75, 3.05) is 11.9 Å². The Kier molecular flexibility index (Phi) is 6.54. The monoisotopic (exact) mass is 482 g/mol. The van der Waals surface area contributed by atoms with Gasteiger partial charge in [0.1, 0.15) is 10.1 Å². The second-order valence-electron chi connectivity index (χ2n) is 5.35. The zero-order chi connectivity index (χ0) is 19.4. The van der Waals surface area contributed by atoms with E-state index in [9.17, 15) is 9.59 Å². The molecule has 2 amide bonds. The number of amides is 2. The van der Waals surface area contributed by atoms with Crippen molar-refractivity contribution in [3.63, 3.8) is 0 Å². The molecular weight excluding hydrogens is 472 g/mol. The molecule has 0 unspecified atom stereocenters. The van der Waals surface area contributed by atoms with Crippen LogP contribution >= 0.6 is 51.5 Å². The number of halogens is 2. The minimum Gasteiger partial charge on any atom is -0.483 e. The summed E-state index contributed by atoms with van der Waals surface area (Å²) in [6.07, 6.45) is 1.67. The van der Waals surface area contributed by atoms with E-state index < -0.39 is 0 Å². The number of carbonyl (C=O) groups excluding carboxylic acids is 2. The van der Waals surface area contributed by atoms with Crippen molar-refractivity contribution < 1.29 is 14.3 Å². The molecule has 1 aliphatic rings. The van der Waals surface area contributed by atoms with Gasteiger partial charge in [-0.3, -0.25) is 9.59 Å². The van der Waals surface area contributed by atoms with Crippen molar-refractivity contribution in [1.29, 1.82) is 0 Å². The third-order valence-corrected chi connectivity index (χ3v) is 5.39. The third-order valence-electron chi connectivity index (χ3n) is 3.41. The summed E-state index contributed by atoms with van der Waals surface area (Å²) in [5, 5.41) is 5.70. The van der Waals surface area contributed by atoms with Crippen molar-refractivity contribution >= 4 is 79.4 Å². The lowest BCUT2D eigenvalue weighted by Crippen LogP contribution is -2.20. The molecule has 2 N–H and O–H groups in total. The standard InChI is InChI=1S/C18H12BrClN2O3S2/c19-11-5-6-14(10(7-11)8-15-17(24)22-18(26)27-15)25-9-16(23)21-13-4-2-1-3-12(13)20/h1-8H,9H2,(H,21,23)(H,22,24,26)/b15-8-. The molecule has 1 aliphatic heterocycles. The first-order valence-corrected chi connectivity index (χ1v) is 10.0. The summed E-state index contributed by atoms with van der Waals surface area (Å²) in [5.41, 5.74) is 1.16. The van der Waals surface area contributed by atoms with Crippen LogP contribution in [0.3, 0.4) is 0 Å². The highest BCUT2D eigenvalue weighted by Gasteiger charge is 2.22. The Labute approximate surface area is 178 Å². The first-order valence-electron chi connectivity index (χ1n) is 7.64. The summed E-state index contributed by atoms with van der Waals surface area (Å²) in [6, 6.07) is 12.2. The number of rotatable bonds is 5. The van der Waals surface area contributed by atoms with Gasteiger partial charge in [-0.25, -0.2) is 0 Å². The average molecular weight is 484 g/mol. The highest BCUT2D eigenvalue weighted by molar-refractivity contribution is 9.10. The molecule has 1 fully saturated rings. The Bertz CT molecular complexity index is 965. The fraction of sp³-hybridized carbons (Fsp3) is 0.0556. The van der Waals surface area contributed by atoms with Crippen molar-refractivity contribution in [2.45, 2.75) is 0 Å². The Balaban J connectivity index is 1.73. The highest BCUT2D eigenvalue weighted by Crippen LogP contribution is 2.31. The van der Waals surface area contributed by atoms with Gasteiger partial charge in [-0.05, 0) is 36.4 Å². The average Bonchev–Trinajstić information content (AvgIpc) is 2.93. The molecule has 5 nitrogen and oxygen atoms in total. The van der Waals surface area contributed by atoms with E-state index in [2.05, 4.69) is 26.6 Å². The minimum absolute atomic E-state index is 0.208. The van der Waals surface area contributed by atoms with Crippen LogP contribution in [0.1, 0.15) is 5.56 Å². The molecule has 9 heteroatoms. The number of nitrogens with one attached hydrogen (secondary N) is 2. The molecule has 0 aliphatic carbocycles. The third kappa shape index (κ3) is 5.32. The van der Waals surface area contributed by atoms with Crippen LogP contribution in [-0.4, -0.2) is 22.7 Å². The molecule has 0 radical (unpaired) electrons. The molecule has 0 spiro atoms. The molecule has 1 saturated heterocycles. The number of benzene rings is 2. The number of anilines is 1. The van der Waals surface area contributed by atoms with Gasteiger partial charge in [-0.15, -0.1) is 0 Å². The van der Waals surface area contributed by atoms with Crippen LogP contribution in [-0.2, 0) is 9.59 Å². The lowest BCUT2D eigenvalue weighted by Gasteiger charge is -2.11. The van der Waals surface area contributed by atoms with Crippen LogP contribution in [0.2, 0.25) is 5.02 Å². The van der Waals surface area contributed by atoms with Gasteiger partial charge < -0.3 is 15.4 Å². The quantitative estimate of drug-likeness (QED) is 0.480. The predicted molar refractivity (Wildman–Crippen MR) is 116 cm³/mol. The molecule has 0 atom stereocenters. The zero-order valence-electron chi connectivity index (χ0n) is 13.6.